The van der Waals surface area contributed by atoms with Gasteiger partial charge in [-0.15, -0.1) is 0 Å². The summed E-state index contributed by atoms with van der Waals surface area (Å²) in [6.07, 6.45) is 2.12. The number of anilines is 1. The Labute approximate surface area is 175 Å². The molecule has 1 unspecified atom stereocenters. The van der Waals surface area contributed by atoms with Crippen molar-refractivity contribution in [2.75, 3.05) is 31.1 Å². The fourth-order valence-corrected chi connectivity index (χ4v) is 3.78. The molecule has 0 saturated carbocycles. The zero-order valence-electron chi connectivity index (χ0n) is 16.8. The van der Waals surface area contributed by atoms with Gasteiger partial charge in [0.25, 0.3) is 5.91 Å². The summed E-state index contributed by atoms with van der Waals surface area (Å²) in [5.41, 5.74) is 2.17. The van der Waals surface area contributed by atoms with E-state index >= 15 is 0 Å². The van der Waals surface area contributed by atoms with Crippen molar-refractivity contribution in [3.05, 3.63) is 65.7 Å². The van der Waals surface area contributed by atoms with Crippen molar-refractivity contribution in [2.45, 2.75) is 25.5 Å². The van der Waals surface area contributed by atoms with Crippen LogP contribution in [0.25, 0.3) is 0 Å². The molecule has 7 heteroatoms. The van der Waals surface area contributed by atoms with Crippen molar-refractivity contribution in [1.29, 1.82) is 0 Å². The van der Waals surface area contributed by atoms with Crippen molar-refractivity contribution < 1.29 is 19.1 Å². The van der Waals surface area contributed by atoms with E-state index in [1.807, 2.05) is 42.5 Å². The number of amides is 3. The normalized spacial score (nSPS) is 19.3. The van der Waals surface area contributed by atoms with Crippen LogP contribution in [0.15, 0.2) is 54.6 Å². The summed E-state index contributed by atoms with van der Waals surface area (Å²) >= 11 is 0. The van der Waals surface area contributed by atoms with Crippen LogP contribution in [0.1, 0.15) is 28.8 Å². The van der Waals surface area contributed by atoms with Crippen molar-refractivity contribution in [2.24, 2.45) is 0 Å². The molecular formula is C23H25N3O4. The fourth-order valence-electron chi connectivity index (χ4n) is 3.78. The van der Waals surface area contributed by atoms with Gasteiger partial charge < -0.3 is 19.9 Å². The van der Waals surface area contributed by atoms with Crippen molar-refractivity contribution in [1.82, 2.24) is 10.2 Å². The fraction of sp³-hybridized carbons (Fsp3) is 0.348. The van der Waals surface area contributed by atoms with E-state index < -0.39 is 11.8 Å². The molecule has 2 aromatic rings. The Balaban J connectivity index is 1.32. The Morgan fingerprint density at radius 2 is 1.77 bits per heavy atom. The molecule has 0 radical (unpaired) electrons. The van der Waals surface area contributed by atoms with Gasteiger partial charge in [-0.25, -0.2) is 0 Å². The highest BCUT2D eigenvalue weighted by Crippen LogP contribution is 2.19. The van der Waals surface area contributed by atoms with Crippen LogP contribution in [0.2, 0.25) is 0 Å². The van der Waals surface area contributed by atoms with Crippen LogP contribution >= 0.6 is 0 Å². The lowest BCUT2D eigenvalue weighted by molar-refractivity contribution is -0.146. The minimum atomic E-state index is -0.516. The molecule has 0 bridgehead atoms. The van der Waals surface area contributed by atoms with Gasteiger partial charge >= 0.3 is 11.8 Å². The number of benzene rings is 2. The predicted octanol–water partition coefficient (Wildman–Crippen LogP) is 1.97. The van der Waals surface area contributed by atoms with E-state index in [9.17, 15) is 14.4 Å². The van der Waals surface area contributed by atoms with Crippen LogP contribution < -0.4 is 10.2 Å². The van der Waals surface area contributed by atoms with Gasteiger partial charge in [0.2, 0.25) is 0 Å². The maximum Gasteiger partial charge on any atom is 0.316 e. The van der Waals surface area contributed by atoms with Crippen LogP contribution in [0.4, 0.5) is 5.69 Å². The summed E-state index contributed by atoms with van der Waals surface area (Å²) in [6.45, 7) is 2.53. The van der Waals surface area contributed by atoms with Gasteiger partial charge in [0, 0.05) is 44.0 Å². The molecule has 0 aromatic heterocycles. The average molecular weight is 407 g/mol. The number of nitrogens with zero attached hydrogens (tertiary/aromatic N) is 2. The zero-order chi connectivity index (χ0) is 20.9. The molecule has 4 rings (SSSR count). The molecule has 30 heavy (non-hydrogen) atoms. The summed E-state index contributed by atoms with van der Waals surface area (Å²) in [4.78, 5) is 40.4. The molecular weight excluding hydrogens is 382 g/mol. The monoisotopic (exact) mass is 407 g/mol. The van der Waals surface area contributed by atoms with Gasteiger partial charge in [-0.2, -0.15) is 0 Å². The second kappa shape index (κ2) is 9.09. The molecule has 3 amide bonds. The lowest BCUT2D eigenvalue weighted by atomic mass is 10.1. The first kappa shape index (κ1) is 20.1. The summed E-state index contributed by atoms with van der Waals surface area (Å²) in [6, 6.07) is 16.3. The van der Waals surface area contributed by atoms with Gasteiger partial charge in [0.1, 0.15) is 0 Å². The van der Waals surface area contributed by atoms with Crippen molar-refractivity contribution in [3.8, 4) is 0 Å². The molecule has 2 saturated heterocycles. The SMILES string of the molecule is O=C(NCC1CCCO1)c1ccc(CN2CCN(c3ccccc3)C(=O)C2=O)cc1. The second-order valence-electron chi connectivity index (χ2n) is 7.56. The molecule has 2 aromatic carbocycles. The average Bonchev–Trinajstić information content (AvgIpc) is 3.30. The number of carbonyl (C=O) groups excluding carboxylic acids is 3. The Morgan fingerprint density at radius 1 is 1.00 bits per heavy atom. The molecule has 0 spiro atoms. The van der Waals surface area contributed by atoms with Crippen LogP contribution in [-0.2, 0) is 20.9 Å². The Morgan fingerprint density at radius 3 is 2.47 bits per heavy atom. The van der Waals surface area contributed by atoms with E-state index in [1.54, 1.807) is 17.0 Å². The maximum atomic E-state index is 12.6. The van der Waals surface area contributed by atoms with E-state index in [0.717, 1.165) is 30.7 Å². The Kier molecular flexibility index (Phi) is 6.09. The van der Waals surface area contributed by atoms with Gasteiger partial charge in [0.15, 0.2) is 0 Å². The number of ether oxygens (including phenoxy) is 1. The van der Waals surface area contributed by atoms with Gasteiger partial charge in [-0.3, -0.25) is 14.4 Å². The number of rotatable bonds is 6. The largest absolute Gasteiger partial charge is 0.376 e. The molecule has 0 aliphatic carbocycles. The first-order valence-electron chi connectivity index (χ1n) is 10.3. The topological polar surface area (TPSA) is 79.0 Å². The van der Waals surface area contributed by atoms with Gasteiger partial charge in [0.05, 0.1) is 6.10 Å². The van der Waals surface area contributed by atoms with Gasteiger partial charge in [-0.05, 0) is 42.7 Å². The lowest BCUT2D eigenvalue weighted by Crippen LogP contribution is -2.54. The lowest BCUT2D eigenvalue weighted by Gasteiger charge is -2.33. The quantitative estimate of drug-likeness (QED) is 0.743. The van der Waals surface area contributed by atoms with Crippen LogP contribution in [-0.4, -0.2) is 55.0 Å². The van der Waals surface area contributed by atoms with Crippen molar-refractivity contribution >= 4 is 23.4 Å². The number of hydrogen-bond acceptors (Lipinski definition) is 4. The molecule has 2 aliphatic heterocycles. The first-order valence-corrected chi connectivity index (χ1v) is 10.3. The zero-order valence-corrected chi connectivity index (χ0v) is 16.8. The molecule has 7 nitrogen and oxygen atoms in total. The highest BCUT2D eigenvalue weighted by molar-refractivity contribution is 6.40. The summed E-state index contributed by atoms with van der Waals surface area (Å²) in [7, 11) is 0. The number of carbonyl (C=O) groups is 3. The smallest absolute Gasteiger partial charge is 0.316 e. The highest BCUT2D eigenvalue weighted by atomic mass is 16.5. The molecule has 2 aliphatic rings. The molecule has 2 fully saturated rings. The number of piperazine rings is 1. The van der Waals surface area contributed by atoms with E-state index in [2.05, 4.69) is 5.32 Å². The van der Waals surface area contributed by atoms with Crippen LogP contribution in [0.5, 0.6) is 0 Å². The van der Waals surface area contributed by atoms with Crippen LogP contribution in [0.3, 0.4) is 0 Å². The maximum absolute atomic E-state index is 12.6. The third-order valence-corrected chi connectivity index (χ3v) is 5.48. The summed E-state index contributed by atoms with van der Waals surface area (Å²) < 4.78 is 5.51. The van der Waals surface area contributed by atoms with E-state index in [1.165, 1.54) is 4.90 Å². The molecule has 1 atom stereocenters. The summed E-state index contributed by atoms with van der Waals surface area (Å²) in [5, 5.41) is 2.90. The third kappa shape index (κ3) is 4.52. The number of nitrogens with one attached hydrogen (secondary N) is 1. The van der Waals surface area contributed by atoms with Crippen molar-refractivity contribution in [3.63, 3.8) is 0 Å². The number of hydrogen-bond donors (Lipinski definition) is 1. The van der Waals surface area contributed by atoms with Crippen LogP contribution in [0, 0.1) is 0 Å². The minimum Gasteiger partial charge on any atom is -0.376 e. The van der Waals surface area contributed by atoms with E-state index in [-0.39, 0.29) is 12.0 Å². The Bertz CT molecular complexity index is 908. The predicted molar refractivity (Wildman–Crippen MR) is 112 cm³/mol. The molecule has 1 N–H and O–H groups in total. The molecule has 2 heterocycles. The van der Waals surface area contributed by atoms with Gasteiger partial charge in [-0.1, -0.05) is 30.3 Å². The highest BCUT2D eigenvalue weighted by Gasteiger charge is 2.33. The third-order valence-electron chi connectivity index (χ3n) is 5.48. The second-order valence-corrected chi connectivity index (χ2v) is 7.56. The minimum absolute atomic E-state index is 0.103. The summed E-state index contributed by atoms with van der Waals surface area (Å²) in [5.74, 6) is -1.17. The molecule has 156 valence electrons. The van der Waals surface area contributed by atoms with E-state index in [0.29, 0.717) is 31.7 Å². The first-order chi connectivity index (χ1) is 14.6. The Hall–Kier alpha value is -3.19. The van der Waals surface area contributed by atoms with E-state index in [4.69, 9.17) is 4.74 Å². The number of para-hydroxylation sites is 1. The standard InChI is InChI=1S/C23H25N3O4/c27-21(24-15-20-7-4-14-30-20)18-10-8-17(9-11-18)16-25-12-13-26(23(29)22(25)28)19-5-2-1-3-6-19/h1-3,5-6,8-11,20H,4,7,12-16H2,(H,24,27).